The lowest BCUT2D eigenvalue weighted by Gasteiger charge is -2.14. The van der Waals surface area contributed by atoms with Gasteiger partial charge >= 0.3 is 0 Å². The second-order valence-electron chi connectivity index (χ2n) is 5.55. The van der Waals surface area contributed by atoms with Crippen LogP contribution in [0.1, 0.15) is 21.4 Å². The first-order valence-electron chi connectivity index (χ1n) is 7.59. The number of nitro benzene ring substituents is 1. The van der Waals surface area contributed by atoms with E-state index in [1.807, 2.05) is 37.3 Å². The molecule has 2 aromatic carbocycles. The minimum absolute atomic E-state index is 0.0111. The molecule has 0 saturated heterocycles. The molecular weight excluding hydrogens is 356 g/mol. The molecule has 0 radical (unpaired) electrons. The van der Waals surface area contributed by atoms with Crippen molar-refractivity contribution in [2.75, 3.05) is 0 Å². The summed E-state index contributed by atoms with van der Waals surface area (Å²) < 4.78 is 5.36. The normalized spacial score (nSPS) is 11.0. The van der Waals surface area contributed by atoms with Gasteiger partial charge in [0.25, 0.3) is 5.69 Å². The second-order valence-corrected chi connectivity index (χ2v) is 6.99. The number of pyridine rings is 1. The van der Waals surface area contributed by atoms with Gasteiger partial charge in [0.1, 0.15) is 17.9 Å². The molecule has 0 spiro atoms. The zero-order chi connectivity index (χ0) is 18.0. The molecule has 0 fully saturated rings. The number of rotatable bonds is 5. The van der Waals surface area contributed by atoms with E-state index in [1.54, 1.807) is 12.1 Å². The Kier molecular flexibility index (Phi) is 5.15. The van der Waals surface area contributed by atoms with E-state index in [0.717, 1.165) is 16.6 Å². The summed E-state index contributed by atoms with van der Waals surface area (Å²) in [4.78, 5) is 15.4. The van der Waals surface area contributed by atoms with E-state index in [0.29, 0.717) is 16.9 Å². The Morgan fingerprint density at radius 3 is 2.64 bits per heavy atom. The number of fused-ring (bicyclic) bond motifs is 1. The highest BCUT2D eigenvalue weighted by atomic mass is 32.2. The van der Waals surface area contributed by atoms with Gasteiger partial charge in [-0.05, 0) is 19.1 Å². The summed E-state index contributed by atoms with van der Waals surface area (Å²) >= 11 is 8.53. The van der Waals surface area contributed by atoms with E-state index in [9.17, 15) is 10.1 Å². The van der Waals surface area contributed by atoms with Crippen LogP contribution >= 0.6 is 25.3 Å². The van der Waals surface area contributed by atoms with Crippen molar-refractivity contribution < 1.29 is 9.66 Å². The largest absolute Gasteiger partial charge is 0.487 e. The van der Waals surface area contributed by atoms with Crippen molar-refractivity contribution in [3.05, 3.63) is 75.5 Å². The first-order chi connectivity index (χ1) is 12.0. The van der Waals surface area contributed by atoms with E-state index in [1.165, 1.54) is 6.07 Å². The number of aryl methyl sites for hydroxylation is 1. The minimum atomic E-state index is -0.576. The Bertz CT molecular complexity index is 945. The van der Waals surface area contributed by atoms with E-state index >= 15 is 0 Å². The second kappa shape index (κ2) is 7.33. The molecule has 0 N–H and O–H groups in total. The van der Waals surface area contributed by atoms with E-state index < -0.39 is 9.51 Å². The van der Waals surface area contributed by atoms with Gasteiger partial charge in [-0.2, -0.15) is 25.3 Å². The molecule has 1 heterocycles. The highest BCUT2D eigenvalue weighted by molar-refractivity contribution is 7.98. The molecule has 0 amide bonds. The topological polar surface area (TPSA) is 65.3 Å². The zero-order valence-corrected chi connectivity index (χ0v) is 15.2. The summed E-state index contributed by atoms with van der Waals surface area (Å²) in [6.45, 7) is 2.09. The maximum Gasteiger partial charge on any atom is 0.274 e. The SMILES string of the molecule is Cc1ccc2cccc(OCc3cccc([N+](=O)[O-])c3C(S)S)c2n1. The monoisotopic (exact) mass is 372 g/mol. The van der Waals surface area contributed by atoms with Crippen molar-refractivity contribution in [1.29, 1.82) is 0 Å². The first-order valence-corrected chi connectivity index (χ1v) is 8.62. The van der Waals surface area contributed by atoms with Crippen LogP contribution < -0.4 is 4.74 Å². The number of nitrogens with zero attached hydrogens (tertiary/aromatic N) is 2. The summed E-state index contributed by atoms with van der Waals surface area (Å²) in [6, 6.07) is 14.5. The molecule has 3 aromatic rings. The van der Waals surface area contributed by atoms with Crippen LogP contribution in [-0.2, 0) is 6.61 Å². The number of nitro groups is 1. The molecule has 0 saturated carbocycles. The van der Waals surface area contributed by atoms with Crippen molar-refractivity contribution in [1.82, 2.24) is 4.98 Å². The predicted molar refractivity (Wildman–Crippen MR) is 105 cm³/mol. The molecule has 5 nitrogen and oxygen atoms in total. The average Bonchev–Trinajstić information content (AvgIpc) is 2.59. The minimum Gasteiger partial charge on any atom is -0.487 e. The van der Waals surface area contributed by atoms with Gasteiger partial charge in [-0.25, -0.2) is 4.98 Å². The van der Waals surface area contributed by atoms with E-state index in [-0.39, 0.29) is 12.3 Å². The fourth-order valence-corrected chi connectivity index (χ4v) is 3.27. The average molecular weight is 372 g/mol. The van der Waals surface area contributed by atoms with Gasteiger partial charge in [0.05, 0.1) is 15.1 Å². The predicted octanol–water partition coefficient (Wildman–Crippen LogP) is 4.89. The third kappa shape index (κ3) is 3.72. The van der Waals surface area contributed by atoms with Crippen LogP contribution in [-0.4, -0.2) is 9.91 Å². The lowest BCUT2D eigenvalue weighted by Crippen LogP contribution is -2.04. The number of benzene rings is 2. The lowest BCUT2D eigenvalue weighted by molar-refractivity contribution is -0.385. The molecule has 0 aliphatic heterocycles. The molecule has 3 rings (SSSR count). The maximum absolute atomic E-state index is 11.3. The highest BCUT2D eigenvalue weighted by Crippen LogP contribution is 2.35. The summed E-state index contributed by atoms with van der Waals surface area (Å²) in [6.07, 6.45) is 0. The first kappa shape index (κ1) is 17.6. The Balaban J connectivity index is 1.96. The maximum atomic E-state index is 11.3. The number of hydrogen-bond acceptors (Lipinski definition) is 6. The molecule has 0 unspecified atom stereocenters. The summed E-state index contributed by atoms with van der Waals surface area (Å²) in [5.41, 5.74) is 2.77. The fourth-order valence-electron chi connectivity index (χ4n) is 2.67. The Hall–Kier alpha value is -2.25. The number of aromatic nitrogens is 1. The standard InChI is InChI=1S/C18H16N2O3S2/c1-11-8-9-12-4-3-7-15(17(12)19-11)23-10-13-5-2-6-14(20(21)22)16(13)18(24)25/h2-9,18,24-25H,10H2,1H3. The van der Waals surface area contributed by atoms with Crippen LogP contribution in [0.15, 0.2) is 48.5 Å². The Labute approximate surface area is 156 Å². The van der Waals surface area contributed by atoms with Crippen molar-refractivity contribution in [3.63, 3.8) is 0 Å². The smallest absolute Gasteiger partial charge is 0.274 e. The van der Waals surface area contributed by atoms with Gasteiger partial charge in [0.2, 0.25) is 0 Å². The number of hydrogen-bond donors (Lipinski definition) is 2. The van der Waals surface area contributed by atoms with Crippen LogP contribution in [0.4, 0.5) is 5.69 Å². The molecule has 0 aliphatic carbocycles. The molecule has 0 bridgehead atoms. The highest BCUT2D eigenvalue weighted by Gasteiger charge is 2.21. The molecule has 128 valence electrons. The van der Waals surface area contributed by atoms with Gasteiger partial charge < -0.3 is 4.74 Å². The van der Waals surface area contributed by atoms with Crippen LogP contribution in [0.3, 0.4) is 0 Å². The van der Waals surface area contributed by atoms with Crippen LogP contribution in [0.5, 0.6) is 5.75 Å². The Morgan fingerprint density at radius 1 is 1.16 bits per heavy atom. The number of ether oxygens (including phenoxy) is 1. The van der Waals surface area contributed by atoms with Crippen molar-refractivity contribution in [2.45, 2.75) is 18.1 Å². The third-order valence-electron chi connectivity index (χ3n) is 3.83. The van der Waals surface area contributed by atoms with Crippen molar-refractivity contribution in [2.24, 2.45) is 0 Å². The van der Waals surface area contributed by atoms with Gasteiger partial charge in [-0.15, -0.1) is 0 Å². The van der Waals surface area contributed by atoms with Crippen molar-refractivity contribution in [3.8, 4) is 5.75 Å². The Morgan fingerprint density at radius 2 is 1.92 bits per heavy atom. The lowest BCUT2D eigenvalue weighted by atomic mass is 10.1. The van der Waals surface area contributed by atoms with Gasteiger partial charge in [0.15, 0.2) is 0 Å². The number of para-hydroxylation sites is 1. The fraction of sp³-hybridized carbons (Fsp3) is 0.167. The quantitative estimate of drug-likeness (QED) is 0.290. The third-order valence-corrected chi connectivity index (χ3v) is 4.35. The molecule has 1 aromatic heterocycles. The summed E-state index contributed by atoms with van der Waals surface area (Å²) in [5, 5.41) is 12.2. The van der Waals surface area contributed by atoms with E-state index in [2.05, 4.69) is 30.2 Å². The molecule has 7 heteroatoms. The van der Waals surface area contributed by atoms with Gasteiger partial charge in [-0.1, -0.05) is 30.3 Å². The van der Waals surface area contributed by atoms with Crippen LogP contribution in [0.25, 0.3) is 10.9 Å². The molecular formula is C18H16N2O3S2. The van der Waals surface area contributed by atoms with E-state index in [4.69, 9.17) is 4.74 Å². The van der Waals surface area contributed by atoms with Crippen molar-refractivity contribution >= 4 is 41.8 Å². The molecule has 0 atom stereocenters. The zero-order valence-electron chi connectivity index (χ0n) is 13.4. The van der Waals surface area contributed by atoms with Gasteiger partial charge in [0, 0.05) is 22.7 Å². The molecule has 25 heavy (non-hydrogen) atoms. The van der Waals surface area contributed by atoms with Crippen LogP contribution in [0, 0.1) is 17.0 Å². The summed E-state index contributed by atoms with van der Waals surface area (Å²) in [5.74, 6) is 0.633. The number of thiol groups is 2. The van der Waals surface area contributed by atoms with Gasteiger partial charge in [-0.3, -0.25) is 10.1 Å². The summed E-state index contributed by atoms with van der Waals surface area (Å²) in [7, 11) is 0. The molecule has 0 aliphatic rings. The van der Waals surface area contributed by atoms with Crippen LogP contribution in [0.2, 0.25) is 0 Å².